The van der Waals surface area contributed by atoms with Crippen molar-refractivity contribution in [2.75, 3.05) is 25.0 Å². The minimum Gasteiger partial charge on any atom is -0.369 e. The Labute approximate surface area is 116 Å². The van der Waals surface area contributed by atoms with Gasteiger partial charge in [-0.1, -0.05) is 20.8 Å². The summed E-state index contributed by atoms with van der Waals surface area (Å²) < 4.78 is 0. The standard InChI is InChI=1S/C15H25N3O/c1-5-9-16-14-13(8-7-10-17-14)15(19)18(6-2)11-12(3)4/h7-8,10,12H,5-6,9,11H2,1-4H3,(H,16,17). The molecular formula is C15H25N3O. The Hall–Kier alpha value is -1.58. The first kappa shape index (κ1) is 15.5. The van der Waals surface area contributed by atoms with Crippen molar-refractivity contribution in [3.8, 4) is 0 Å². The Morgan fingerprint density at radius 2 is 2.16 bits per heavy atom. The highest BCUT2D eigenvalue weighted by molar-refractivity contribution is 5.98. The van der Waals surface area contributed by atoms with Crippen molar-refractivity contribution in [1.29, 1.82) is 0 Å². The Bertz CT molecular complexity index is 404. The number of hydrogen-bond donors (Lipinski definition) is 1. The number of nitrogens with one attached hydrogen (secondary N) is 1. The minimum atomic E-state index is 0.0582. The average molecular weight is 263 g/mol. The summed E-state index contributed by atoms with van der Waals surface area (Å²) in [4.78, 5) is 18.7. The van der Waals surface area contributed by atoms with Crippen molar-refractivity contribution < 1.29 is 4.79 Å². The van der Waals surface area contributed by atoms with Gasteiger partial charge in [-0.2, -0.15) is 0 Å². The molecule has 1 amide bonds. The monoisotopic (exact) mass is 263 g/mol. The van der Waals surface area contributed by atoms with Crippen molar-refractivity contribution in [3.63, 3.8) is 0 Å². The van der Waals surface area contributed by atoms with Gasteiger partial charge in [0, 0.05) is 25.8 Å². The largest absolute Gasteiger partial charge is 0.369 e. The van der Waals surface area contributed by atoms with Crippen molar-refractivity contribution in [2.45, 2.75) is 34.1 Å². The smallest absolute Gasteiger partial charge is 0.257 e. The third kappa shape index (κ3) is 4.54. The first-order chi connectivity index (χ1) is 9.10. The topological polar surface area (TPSA) is 45.2 Å². The van der Waals surface area contributed by atoms with Crippen LogP contribution in [0.2, 0.25) is 0 Å². The summed E-state index contributed by atoms with van der Waals surface area (Å²) >= 11 is 0. The molecular weight excluding hydrogens is 238 g/mol. The van der Waals surface area contributed by atoms with Gasteiger partial charge in [-0.15, -0.1) is 0 Å². The fraction of sp³-hybridized carbons (Fsp3) is 0.600. The predicted octanol–water partition coefficient (Wildman–Crippen LogP) is 3.02. The van der Waals surface area contributed by atoms with Gasteiger partial charge in [0.25, 0.3) is 5.91 Å². The van der Waals surface area contributed by atoms with Crippen LogP contribution >= 0.6 is 0 Å². The Morgan fingerprint density at radius 3 is 2.74 bits per heavy atom. The maximum Gasteiger partial charge on any atom is 0.257 e. The lowest BCUT2D eigenvalue weighted by molar-refractivity contribution is 0.0746. The van der Waals surface area contributed by atoms with E-state index >= 15 is 0 Å². The molecule has 0 aliphatic heterocycles. The van der Waals surface area contributed by atoms with Crippen LogP contribution in [0.15, 0.2) is 18.3 Å². The van der Waals surface area contributed by atoms with Gasteiger partial charge in [0.05, 0.1) is 5.56 Å². The van der Waals surface area contributed by atoms with E-state index in [-0.39, 0.29) is 5.91 Å². The molecule has 0 atom stereocenters. The molecule has 0 aliphatic carbocycles. The van der Waals surface area contributed by atoms with Crippen LogP contribution in [0.5, 0.6) is 0 Å². The molecule has 4 nitrogen and oxygen atoms in total. The van der Waals surface area contributed by atoms with Gasteiger partial charge < -0.3 is 10.2 Å². The second-order valence-corrected chi connectivity index (χ2v) is 5.06. The van der Waals surface area contributed by atoms with Crippen LogP contribution in [0.3, 0.4) is 0 Å². The number of aromatic nitrogens is 1. The molecule has 1 aromatic rings. The lowest BCUT2D eigenvalue weighted by atomic mass is 10.1. The van der Waals surface area contributed by atoms with Crippen LogP contribution in [-0.4, -0.2) is 35.4 Å². The average Bonchev–Trinajstić information content (AvgIpc) is 2.41. The third-order valence-electron chi connectivity index (χ3n) is 2.84. The van der Waals surface area contributed by atoms with Gasteiger partial charge in [0.1, 0.15) is 5.82 Å². The van der Waals surface area contributed by atoms with Crippen LogP contribution < -0.4 is 5.32 Å². The molecule has 0 radical (unpaired) electrons. The molecule has 4 heteroatoms. The van der Waals surface area contributed by atoms with E-state index in [4.69, 9.17) is 0 Å². The number of hydrogen-bond acceptors (Lipinski definition) is 3. The van der Waals surface area contributed by atoms with E-state index in [1.165, 1.54) is 0 Å². The molecule has 0 spiro atoms. The maximum absolute atomic E-state index is 12.5. The van der Waals surface area contributed by atoms with E-state index in [2.05, 4.69) is 31.1 Å². The van der Waals surface area contributed by atoms with Crippen molar-refractivity contribution >= 4 is 11.7 Å². The quantitative estimate of drug-likeness (QED) is 0.822. The van der Waals surface area contributed by atoms with Crippen LogP contribution in [0, 0.1) is 5.92 Å². The molecule has 0 aromatic carbocycles. The minimum absolute atomic E-state index is 0.0582. The fourth-order valence-corrected chi connectivity index (χ4v) is 1.93. The van der Waals surface area contributed by atoms with E-state index in [0.29, 0.717) is 17.3 Å². The number of amides is 1. The predicted molar refractivity (Wildman–Crippen MR) is 79.4 cm³/mol. The van der Waals surface area contributed by atoms with E-state index in [0.717, 1.165) is 26.1 Å². The highest BCUT2D eigenvalue weighted by Gasteiger charge is 2.18. The molecule has 0 bridgehead atoms. The third-order valence-corrected chi connectivity index (χ3v) is 2.84. The van der Waals surface area contributed by atoms with Crippen LogP contribution in [0.4, 0.5) is 5.82 Å². The molecule has 19 heavy (non-hydrogen) atoms. The van der Waals surface area contributed by atoms with Crippen LogP contribution in [0.25, 0.3) is 0 Å². The van der Waals surface area contributed by atoms with Gasteiger partial charge in [-0.3, -0.25) is 4.79 Å². The Balaban J connectivity index is 2.90. The van der Waals surface area contributed by atoms with E-state index < -0.39 is 0 Å². The van der Waals surface area contributed by atoms with Gasteiger partial charge >= 0.3 is 0 Å². The van der Waals surface area contributed by atoms with Crippen molar-refractivity contribution in [3.05, 3.63) is 23.9 Å². The van der Waals surface area contributed by atoms with Gasteiger partial charge in [0.15, 0.2) is 0 Å². The lowest BCUT2D eigenvalue weighted by Crippen LogP contribution is -2.34. The zero-order chi connectivity index (χ0) is 14.3. The summed E-state index contributed by atoms with van der Waals surface area (Å²) in [5.41, 5.74) is 0.665. The van der Waals surface area contributed by atoms with Crippen molar-refractivity contribution in [2.24, 2.45) is 5.92 Å². The SMILES string of the molecule is CCCNc1ncccc1C(=O)N(CC)CC(C)C. The number of rotatable bonds is 7. The number of carbonyl (C=O) groups excluding carboxylic acids is 1. The zero-order valence-electron chi connectivity index (χ0n) is 12.4. The van der Waals surface area contributed by atoms with Gasteiger partial charge in [-0.25, -0.2) is 4.98 Å². The van der Waals surface area contributed by atoms with Gasteiger partial charge in [0.2, 0.25) is 0 Å². The van der Waals surface area contributed by atoms with E-state index in [1.54, 1.807) is 6.20 Å². The first-order valence-corrected chi connectivity index (χ1v) is 7.08. The number of nitrogens with zero attached hydrogens (tertiary/aromatic N) is 2. The lowest BCUT2D eigenvalue weighted by Gasteiger charge is -2.24. The second kappa shape index (κ2) is 7.77. The molecule has 0 saturated heterocycles. The van der Waals surface area contributed by atoms with Crippen molar-refractivity contribution in [1.82, 2.24) is 9.88 Å². The number of carbonyl (C=O) groups is 1. The molecule has 1 rings (SSSR count). The summed E-state index contributed by atoms with van der Waals surface area (Å²) in [6.45, 7) is 10.7. The van der Waals surface area contributed by atoms with E-state index in [9.17, 15) is 4.79 Å². The maximum atomic E-state index is 12.5. The van der Waals surface area contributed by atoms with Gasteiger partial charge in [-0.05, 0) is 31.4 Å². The van der Waals surface area contributed by atoms with Crippen LogP contribution in [0.1, 0.15) is 44.5 Å². The summed E-state index contributed by atoms with van der Waals surface area (Å²) in [6, 6.07) is 3.66. The van der Waals surface area contributed by atoms with Crippen LogP contribution in [-0.2, 0) is 0 Å². The second-order valence-electron chi connectivity index (χ2n) is 5.06. The molecule has 106 valence electrons. The Morgan fingerprint density at radius 1 is 1.42 bits per heavy atom. The molecule has 1 aromatic heterocycles. The van der Waals surface area contributed by atoms with E-state index in [1.807, 2.05) is 24.0 Å². The highest BCUT2D eigenvalue weighted by Crippen LogP contribution is 2.15. The highest BCUT2D eigenvalue weighted by atomic mass is 16.2. The molecule has 1 heterocycles. The summed E-state index contributed by atoms with van der Waals surface area (Å²) in [7, 11) is 0. The first-order valence-electron chi connectivity index (χ1n) is 7.08. The number of anilines is 1. The summed E-state index contributed by atoms with van der Waals surface area (Å²) in [6.07, 6.45) is 2.72. The molecule has 0 fully saturated rings. The molecule has 0 unspecified atom stereocenters. The normalized spacial score (nSPS) is 10.6. The molecule has 0 saturated carbocycles. The summed E-state index contributed by atoms with van der Waals surface area (Å²) in [5.74, 6) is 1.21. The Kier molecular flexibility index (Phi) is 6.33. The molecule has 0 aliphatic rings. The number of pyridine rings is 1. The fourth-order valence-electron chi connectivity index (χ4n) is 1.93. The molecule has 1 N–H and O–H groups in total. The summed E-state index contributed by atoms with van der Waals surface area (Å²) in [5, 5.41) is 3.22. The zero-order valence-corrected chi connectivity index (χ0v) is 12.4.